The van der Waals surface area contributed by atoms with Crippen molar-refractivity contribution in [1.82, 2.24) is 44.9 Å². The zero-order valence-electron chi connectivity index (χ0n) is 79.0. The van der Waals surface area contributed by atoms with E-state index in [1.54, 1.807) is 0 Å². The first-order chi connectivity index (χ1) is 72.8. The van der Waals surface area contributed by atoms with Crippen molar-refractivity contribution in [2.45, 2.75) is 0 Å². The largest absolute Gasteiger partial charge is 0.456 e. The number of hydrogen-bond donors (Lipinski definition) is 0. The summed E-state index contributed by atoms with van der Waals surface area (Å²) in [7, 11) is 0. The highest BCUT2D eigenvalue weighted by atomic mass is 16.3. The molecule has 0 unspecified atom stereocenters. The monoisotopic (exact) mass is 1880 g/mol. The summed E-state index contributed by atoms with van der Waals surface area (Å²) in [6.45, 7) is 0. The average Bonchev–Trinajstić information content (AvgIpc) is 1.20. The van der Waals surface area contributed by atoms with E-state index in [0.717, 1.165) is 198 Å². The first-order valence-electron chi connectivity index (χ1n) is 49.3. The molecule has 147 heavy (non-hydrogen) atoms. The molecule has 30 rings (SSSR count). The lowest BCUT2D eigenvalue weighted by Crippen LogP contribution is -2.01. The molecule has 0 atom stereocenters. The Balaban J connectivity index is 0.000000107. The third-order valence-corrected chi connectivity index (χ3v) is 28.5. The molecule has 0 amide bonds. The van der Waals surface area contributed by atoms with Crippen LogP contribution in [0.5, 0.6) is 0 Å². The Morgan fingerprint density at radius 3 is 0.687 bits per heavy atom. The lowest BCUT2D eigenvalue weighted by Gasteiger charge is -2.15. The molecule has 0 fully saturated rings. The Kier molecular flexibility index (Phi) is 20.6. The van der Waals surface area contributed by atoms with Crippen LogP contribution < -0.4 is 0 Å². The van der Waals surface area contributed by atoms with Gasteiger partial charge < -0.3 is 13.3 Å². The third kappa shape index (κ3) is 15.2. The van der Waals surface area contributed by atoms with Crippen LogP contribution in [0, 0.1) is 0 Å². The van der Waals surface area contributed by atoms with E-state index in [1.807, 2.05) is 109 Å². The number of aromatic nitrogens is 9. The van der Waals surface area contributed by atoms with Crippen molar-refractivity contribution in [2.75, 3.05) is 0 Å². The zero-order chi connectivity index (χ0) is 96.9. The molecular weight excluding hydrogens is 1800 g/mol. The number of benzene rings is 24. The number of fused-ring (bicyclic) bond motifs is 19. The van der Waals surface area contributed by atoms with E-state index in [4.69, 9.17) is 58.1 Å². The van der Waals surface area contributed by atoms with Gasteiger partial charge in [-0.05, 0) is 215 Å². The Morgan fingerprint density at radius 1 is 0.109 bits per heavy atom. The minimum absolute atomic E-state index is 0.632. The molecule has 0 N–H and O–H groups in total. The molecule has 12 heteroatoms. The fourth-order valence-corrected chi connectivity index (χ4v) is 21.6. The van der Waals surface area contributed by atoms with Crippen LogP contribution in [0.25, 0.3) is 299 Å². The Hall–Kier alpha value is -20.0. The summed E-state index contributed by atoms with van der Waals surface area (Å²) in [5.41, 5.74) is 20.7. The summed E-state index contributed by atoms with van der Waals surface area (Å²) < 4.78 is 19.3. The van der Waals surface area contributed by atoms with E-state index in [0.29, 0.717) is 52.4 Å². The average molecular weight is 1880 g/mol. The second-order valence-corrected chi connectivity index (χ2v) is 37.2. The van der Waals surface area contributed by atoms with E-state index in [9.17, 15) is 0 Å². The van der Waals surface area contributed by atoms with Crippen LogP contribution in [0.2, 0.25) is 0 Å². The summed E-state index contributed by atoms with van der Waals surface area (Å²) in [5.74, 6) is 5.77. The van der Waals surface area contributed by atoms with Gasteiger partial charge in [-0.15, -0.1) is 0 Å². The molecule has 0 spiro atoms. The van der Waals surface area contributed by atoms with E-state index in [1.165, 1.54) is 48.5 Å². The van der Waals surface area contributed by atoms with Gasteiger partial charge >= 0.3 is 0 Å². The quantitative estimate of drug-likeness (QED) is 0.107. The number of furan rings is 3. The van der Waals surface area contributed by atoms with Gasteiger partial charge in [-0.1, -0.05) is 406 Å². The maximum atomic E-state index is 6.47. The van der Waals surface area contributed by atoms with Crippen LogP contribution >= 0.6 is 0 Å². The second kappa shape index (κ2) is 35.7. The van der Waals surface area contributed by atoms with Crippen molar-refractivity contribution < 1.29 is 13.3 Å². The molecule has 12 nitrogen and oxygen atoms in total. The van der Waals surface area contributed by atoms with Gasteiger partial charge in [-0.3, -0.25) is 0 Å². The van der Waals surface area contributed by atoms with E-state index >= 15 is 0 Å². The summed E-state index contributed by atoms with van der Waals surface area (Å²) in [5, 5.41) is 27.3. The van der Waals surface area contributed by atoms with Crippen LogP contribution in [0.15, 0.2) is 505 Å². The van der Waals surface area contributed by atoms with Crippen molar-refractivity contribution in [2.24, 2.45) is 0 Å². The standard InChI is InChI=1S/C49H29N3O.C45H27N3O.C41H25N3O/c1-2-13-30(14-3-1)47-50-48(52-49(51-47)42-28-33-17-6-7-18-34(33)35-19-8-11-22-38(35)42)41-26-25-39(36-20-9-10-21-37(36)41)40-23-12-24-44-46(40)43-27-31-15-4-5-16-32(31)29-45(43)53-44;1-2-12-29(13-3-1)43-46-44(33-22-21-28-11-4-5-14-30(28)25-33)48-45(47-43)38-24-23-36(34-17-8-9-18-35(34)38)37-19-10-20-40-42(37)39-26-31-15-6-7-16-32(31)27-41(39)49-40;1-3-12-26(13-4-1)39-42-40(27-14-5-2-6-15-27)44-41(43-39)34-23-22-32(30-18-9-10-19-31(30)34)33-20-11-21-36-38(33)35-24-28-16-7-8-17-29(28)25-37(35)45-36/h1-29H;1-27H;1-25H. The minimum Gasteiger partial charge on any atom is -0.456 e. The van der Waals surface area contributed by atoms with Crippen molar-refractivity contribution >= 4 is 163 Å². The molecule has 0 saturated heterocycles. The Labute approximate surface area is 842 Å². The first-order valence-corrected chi connectivity index (χ1v) is 49.3. The highest BCUT2D eigenvalue weighted by Crippen LogP contribution is 2.49. The highest BCUT2D eigenvalue weighted by molar-refractivity contribution is 6.23. The molecule has 6 aromatic heterocycles. The lowest BCUT2D eigenvalue weighted by molar-refractivity contribution is 0.669. The van der Waals surface area contributed by atoms with Crippen molar-refractivity contribution in [1.29, 1.82) is 0 Å². The summed E-state index contributed by atoms with van der Waals surface area (Å²) >= 11 is 0. The van der Waals surface area contributed by atoms with Crippen LogP contribution in [0.1, 0.15) is 0 Å². The molecule has 0 bridgehead atoms. The van der Waals surface area contributed by atoms with Crippen LogP contribution in [0.4, 0.5) is 0 Å². The maximum Gasteiger partial charge on any atom is 0.164 e. The van der Waals surface area contributed by atoms with Gasteiger partial charge in [-0.25, -0.2) is 44.9 Å². The predicted molar refractivity (Wildman–Crippen MR) is 604 cm³/mol. The second-order valence-electron chi connectivity index (χ2n) is 37.2. The minimum atomic E-state index is 0.632. The van der Waals surface area contributed by atoms with Crippen molar-refractivity contribution in [3.8, 4) is 136 Å². The Bertz CT molecular complexity index is 10500. The van der Waals surface area contributed by atoms with Crippen LogP contribution in [-0.2, 0) is 0 Å². The molecule has 0 saturated carbocycles. The Morgan fingerprint density at radius 2 is 0.347 bits per heavy atom. The fourth-order valence-electron chi connectivity index (χ4n) is 21.6. The third-order valence-electron chi connectivity index (χ3n) is 28.5. The predicted octanol–water partition coefficient (Wildman–Crippen LogP) is 35.7. The lowest BCUT2D eigenvalue weighted by atomic mass is 9.92. The van der Waals surface area contributed by atoms with Gasteiger partial charge in [0.1, 0.15) is 33.5 Å². The molecule has 0 radical (unpaired) electrons. The van der Waals surface area contributed by atoms with Gasteiger partial charge in [0.15, 0.2) is 52.4 Å². The molecule has 0 aliphatic carbocycles. The summed E-state index contributed by atoms with van der Waals surface area (Å²) in [4.78, 5) is 45.8. The van der Waals surface area contributed by atoms with Gasteiger partial charge in [0.2, 0.25) is 0 Å². The summed E-state index contributed by atoms with van der Waals surface area (Å²) in [6.07, 6.45) is 0. The zero-order valence-corrected chi connectivity index (χ0v) is 79.0. The van der Waals surface area contributed by atoms with Crippen molar-refractivity contribution in [3.05, 3.63) is 491 Å². The van der Waals surface area contributed by atoms with Gasteiger partial charge in [0, 0.05) is 82.4 Å². The highest BCUT2D eigenvalue weighted by Gasteiger charge is 2.27. The molecule has 30 aromatic rings. The smallest absolute Gasteiger partial charge is 0.164 e. The molecule has 684 valence electrons. The van der Waals surface area contributed by atoms with Gasteiger partial charge in [0.25, 0.3) is 0 Å². The molecule has 6 heterocycles. The molecule has 0 aliphatic heterocycles. The SMILES string of the molecule is c1ccc(-c2nc(-c3ccc(-c4cccc5oc6cc7ccccc7cc6c45)c4ccccc34)nc(-c3cc4ccccc4c4ccccc34)n2)cc1.c1ccc(-c2nc(-c3ccc4ccccc4c3)nc(-c3ccc(-c4cccc5oc6cc7ccccc7cc6c45)c4ccccc34)n2)cc1.c1ccc(-c2nc(-c3ccccc3)nc(-c3ccc(-c4cccc5oc6cc7ccccc7cc6c45)c4ccccc34)n2)cc1. The topological polar surface area (TPSA) is 155 Å². The van der Waals surface area contributed by atoms with Crippen LogP contribution in [-0.4, -0.2) is 44.9 Å². The van der Waals surface area contributed by atoms with Crippen LogP contribution in [0.3, 0.4) is 0 Å². The van der Waals surface area contributed by atoms with E-state index in [2.05, 4.69) is 382 Å². The fraction of sp³-hybridized carbons (Fsp3) is 0. The first kappa shape index (κ1) is 85.1. The summed E-state index contributed by atoms with van der Waals surface area (Å²) in [6, 6.07) is 171. The molecular formula is C135H81N9O3. The molecule has 0 aliphatic rings. The number of hydrogen-bond acceptors (Lipinski definition) is 12. The number of rotatable bonds is 12. The van der Waals surface area contributed by atoms with Gasteiger partial charge in [-0.2, -0.15) is 0 Å². The van der Waals surface area contributed by atoms with E-state index < -0.39 is 0 Å². The normalized spacial score (nSPS) is 11.7. The number of nitrogens with zero attached hydrogens (tertiary/aromatic N) is 9. The maximum absolute atomic E-state index is 6.47. The molecule has 24 aromatic carbocycles. The van der Waals surface area contributed by atoms with Crippen molar-refractivity contribution in [3.63, 3.8) is 0 Å². The van der Waals surface area contributed by atoms with Gasteiger partial charge in [0.05, 0.1) is 0 Å². The van der Waals surface area contributed by atoms with E-state index in [-0.39, 0.29) is 0 Å².